The van der Waals surface area contributed by atoms with Crippen molar-refractivity contribution in [3.05, 3.63) is 4.91 Å². The molecule has 7 heteroatoms. The van der Waals surface area contributed by atoms with Gasteiger partial charge < -0.3 is 15.9 Å². The quantitative estimate of drug-likeness (QED) is 0.368. The van der Waals surface area contributed by atoms with E-state index in [-0.39, 0.29) is 6.61 Å². The minimum atomic E-state index is -0.475. The Hall–Kier alpha value is 0.180. The van der Waals surface area contributed by atoms with E-state index in [0.29, 0.717) is 18.1 Å². The lowest BCUT2D eigenvalue weighted by molar-refractivity contribution is 0.208. The number of aliphatic hydroxyl groups is 2. The van der Waals surface area contributed by atoms with E-state index in [1.807, 2.05) is 0 Å². The van der Waals surface area contributed by atoms with E-state index in [1.165, 1.54) is 0 Å². The summed E-state index contributed by atoms with van der Waals surface area (Å²) in [5.74, 6) is 3.17. The largest absolute Gasteiger partial charge is 0.394 e. The van der Waals surface area contributed by atoms with Crippen LogP contribution in [-0.4, -0.2) is 58.5 Å². The van der Waals surface area contributed by atoms with E-state index in [2.05, 4.69) is 5.18 Å². The predicted octanol–water partition coefficient (Wildman–Crippen LogP) is 0.290. The number of rotatable bonds is 11. The lowest BCUT2D eigenvalue weighted by Gasteiger charge is -2.07. The van der Waals surface area contributed by atoms with E-state index in [1.54, 1.807) is 23.5 Å². The summed E-state index contributed by atoms with van der Waals surface area (Å²) in [6.07, 6.45) is 0.611. The van der Waals surface area contributed by atoms with E-state index in [4.69, 9.17) is 10.8 Å². The van der Waals surface area contributed by atoms with Crippen molar-refractivity contribution in [3.63, 3.8) is 0 Å². The summed E-state index contributed by atoms with van der Waals surface area (Å²) >= 11 is 3.30. The number of hydrogen-bond donors (Lipinski definition) is 3. The van der Waals surface area contributed by atoms with Gasteiger partial charge in [0.25, 0.3) is 0 Å². The number of thioether (sulfide) groups is 2. The van der Waals surface area contributed by atoms with Gasteiger partial charge in [0.1, 0.15) is 6.04 Å². The Morgan fingerprint density at radius 1 is 1.25 bits per heavy atom. The van der Waals surface area contributed by atoms with E-state index >= 15 is 0 Å². The molecule has 2 unspecified atom stereocenters. The molecule has 0 aromatic carbocycles. The van der Waals surface area contributed by atoms with Crippen LogP contribution in [-0.2, 0) is 0 Å². The molecule has 0 aliphatic heterocycles. The molecule has 0 saturated carbocycles. The molecular weight excluding hydrogens is 248 g/mol. The van der Waals surface area contributed by atoms with Crippen LogP contribution in [0.4, 0.5) is 0 Å². The highest BCUT2D eigenvalue weighted by atomic mass is 32.2. The Bertz CT molecular complexity index is 175. The van der Waals surface area contributed by atoms with E-state index in [0.717, 1.165) is 17.9 Å². The molecule has 0 aromatic rings. The molecule has 0 saturated heterocycles. The topological polar surface area (TPSA) is 95.9 Å². The van der Waals surface area contributed by atoms with Crippen LogP contribution in [0.25, 0.3) is 0 Å². The molecule has 0 aliphatic rings. The fourth-order valence-electron chi connectivity index (χ4n) is 0.886. The Labute approximate surface area is 105 Å². The molecular formula is C9H20N2O3S2. The predicted molar refractivity (Wildman–Crippen MR) is 71.0 cm³/mol. The molecule has 0 rings (SSSR count). The molecule has 16 heavy (non-hydrogen) atoms. The molecule has 0 amide bonds. The maximum Gasteiger partial charge on any atom is 0.124 e. The smallest absolute Gasteiger partial charge is 0.124 e. The summed E-state index contributed by atoms with van der Waals surface area (Å²) in [6.45, 7) is 0.138. The monoisotopic (exact) mass is 268 g/mol. The van der Waals surface area contributed by atoms with Crippen LogP contribution in [0.3, 0.4) is 0 Å². The van der Waals surface area contributed by atoms with Gasteiger partial charge >= 0.3 is 0 Å². The third-order valence-electron chi connectivity index (χ3n) is 1.83. The van der Waals surface area contributed by atoms with Crippen LogP contribution < -0.4 is 5.73 Å². The first kappa shape index (κ1) is 16.2. The second kappa shape index (κ2) is 11.7. The number of nitroso groups, excluding NO2 is 1. The summed E-state index contributed by atoms with van der Waals surface area (Å²) in [6, 6.07) is -0.475. The van der Waals surface area contributed by atoms with Gasteiger partial charge in [0.2, 0.25) is 0 Å². The second-order valence-electron chi connectivity index (χ2n) is 3.33. The van der Waals surface area contributed by atoms with Gasteiger partial charge in [0.15, 0.2) is 0 Å². The first-order valence-electron chi connectivity index (χ1n) is 5.21. The highest BCUT2D eigenvalue weighted by Gasteiger charge is 2.06. The molecule has 0 fully saturated rings. The fourth-order valence-corrected chi connectivity index (χ4v) is 2.95. The SMILES string of the molecule is NCC(O)CSCCCSCC(CO)N=O. The summed E-state index contributed by atoms with van der Waals surface area (Å²) in [7, 11) is 0. The van der Waals surface area contributed by atoms with Crippen LogP contribution in [0.5, 0.6) is 0 Å². The Morgan fingerprint density at radius 2 is 1.88 bits per heavy atom. The molecule has 2 atom stereocenters. The molecule has 0 heterocycles. The van der Waals surface area contributed by atoms with Crippen molar-refractivity contribution < 1.29 is 10.2 Å². The average Bonchev–Trinajstić information content (AvgIpc) is 2.32. The third-order valence-corrected chi connectivity index (χ3v) is 4.23. The highest BCUT2D eigenvalue weighted by Crippen LogP contribution is 2.11. The minimum absolute atomic E-state index is 0.173. The van der Waals surface area contributed by atoms with Gasteiger partial charge in [0.05, 0.1) is 12.7 Å². The van der Waals surface area contributed by atoms with Crippen molar-refractivity contribution in [2.24, 2.45) is 10.9 Å². The van der Waals surface area contributed by atoms with Crippen LogP contribution in [0, 0.1) is 4.91 Å². The first-order chi connectivity index (χ1) is 7.74. The number of nitrogens with zero attached hydrogens (tertiary/aromatic N) is 1. The molecule has 0 spiro atoms. The minimum Gasteiger partial charge on any atom is -0.394 e. The van der Waals surface area contributed by atoms with E-state index in [9.17, 15) is 10.0 Å². The second-order valence-corrected chi connectivity index (χ2v) is 5.63. The fraction of sp³-hybridized carbons (Fsp3) is 1.00. The number of nitrogens with two attached hydrogens (primary N) is 1. The van der Waals surface area contributed by atoms with Crippen molar-refractivity contribution in [1.82, 2.24) is 0 Å². The van der Waals surface area contributed by atoms with Crippen molar-refractivity contribution in [2.75, 3.05) is 36.2 Å². The number of hydrogen-bond acceptors (Lipinski definition) is 7. The van der Waals surface area contributed by atoms with Gasteiger partial charge in [-0.3, -0.25) is 0 Å². The molecule has 5 nitrogen and oxygen atoms in total. The maximum atomic E-state index is 10.1. The van der Waals surface area contributed by atoms with Crippen molar-refractivity contribution in [3.8, 4) is 0 Å². The van der Waals surface area contributed by atoms with Crippen molar-refractivity contribution in [1.29, 1.82) is 0 Å². The summed E-state index contributed by atoms with van der Waals surface area (Å²) in [4.78, 5) is 10.1. The Kier molecular flexibility index (Phi) is 11.8. The molecule has 96 valence electrons. The van der Waals surface area contributed by atoms with Crippen molar-refractivity contribution >= 4 is 23.5 Å². The van der Waals surface area contributed by atoms with E-state index < -0.39 is 12.1 Å². The van der Waals surface area contributed by atoms with Crippen LogP contribution in [0.15, 0.2) is 5.18 Å². The van der Waals surface area contributed by atoms with Gasteiger partial charge in [-0.1, -0.05) is 5.18 Å². The highest BCUT2D eigenvalue weighted by molar-refractivity contribution is 8.00. The number of aliphatic hydroxyl groups excluding tert-OH is 2. The summed E-state index contributed by atoms with van der Waals surface area (Å²) < 4.78 is 0. The zero-order valence-electron chi connectivity index (χ0n) is 9.25. The van der Waals surface area contributed by atoms with Crippen LogP contribution >= 0.6 is 23.5 Å². The zero-order chi connectivity index (χ0) is 12.2. The van der Waals surface area contributed by atoms with Gasteiger partial charge in [-0.05, 0) is 17.9 Å². The third kappa shape index (κ3) is 9.41. The summed E-state index contributed by atoms with van der Waals surface area (Å²) in [5, 5.41) is 20.7. The van der Waals surface area contributed by atoms with Gasteiger partial charge in [-0.15, -0.1) is 0 Å². The van der Waals surface area contributed by atoms with Crippen LogP contribution in [0.2, 0.25) is 0 Å². The van der Waals surface area contributed by atoms with Gasteiger partial charge in [0, 0.05) is 18.1 Å². The van der Waals surface area contributed by atoms with Gasteiger partial charge in [-0.25, -0.2) is 0 Å². The lowest BCUT2D eigenvalue weighted by atomic mass is 10.4. The normalized spacial score (nSPS) is 14.7. The Balaban J connectivity index is 3.18. The van der Waals surface area contributed by atoms with Crippen molar-refractivity contribution in [2.45, 2.75) is 18.6 Å². The molecule has 0 radical (unpaired) electrons. The molecule has 0 bridgehead atoms. The first-order valence-corrected chi connectivity index (χ1v) is 7.52. The zero-order valence-corrected chi connectivity index (χ0v) is 10.9. The Morgan fingerprint density at radius 3 is 2.38 bits per heavy atom. The molecule has 0 aliphatic carbocycles. The molecule has 4 N–H and O–H groups in total. The average molecular weight is 268 g/mol. The van der Waals surface area contributed by atoms with Crippen LogP contribution in [0.1, 0.15) is 6.42 Å². The summed E-state index contributed by atoms with van der Waals surface area (Å²) in [5.41, 5.74) is 5.27. The lowest BCUT2D eigenvalue weighted by Crippen LogP contribution is -2.22. The maximum absolute atomic E-state index is 10.1. The standard InChI is InChI=1S/C9H20N2O3S2/c10-4-9(13)7-16-3-1-2-15-6-8(5-12)11-14/h8-9,12-13H,1-7,10H2. The molecule has 0 aromatic heterocycles. The van der Waals surface area contributed by atoms with Gasteiger partial charge in [-0.2, -0.15) is 28.4 Å².